The van der Waals surface area contributed by atoms with Gasteiger partial charge in [0.15, 0.2) is 0 Å². The zero-order valence-corrected chi connectivity index (χ0v) is 22.7. The monoisotopic (exact) mass is 530 g/mol. The third-order valence-corrected chi connectivity index (χ3v) is 12.8. The van der Waals surface area contributed by atoms with E-state index in [0.717, 1.165) is 24.2 Å². The predicted octanol–water partition coefficient (Wildman–Crippen LogP) is 9.39. The zero-order valence-electron chi connectivity index (χ0n) is 20.6. The van der Waals surface area contributed by atoms with Gasteiger partial charge in [-0.25, -0.2) is 0 Å². The van der Waals surface area contributed by atoms with Gasteiger partial charge >= 0.3 is 0 Å². The molecule has 0 aliphatic heterocycles. The van der Waals surface area contributed by atoms with Crippen molar-refractivity contribution in [3.63, 3.8) is 0 Å². The third kappa shape index (κ3) is 3.34. The average molecular weight is 531 g/mol. The molecular formula is C30H43I. The molecule has 0 heterocycles. The summed E-state index contributed by atoms with van der Waals surface area (Å²) in [6.45, 7) is 21.2. The van der Waals surface area contributed by atoms with E-state index in [9.17, 15) is 0 Å². The molecule has 4 rings (SSSR count). The van der Waals surface area contributed by atoms with Gasteiger partial charge in [0.2, 0.25) is 0 Å². The molecule has 0 aromatic carbocycles. The number of hydrogen-bond acceptors (Lipinski definition) is 0. The topological polar surface area (TPSA) is 0 Å². The highest BCUT2D eigenvalue weighted by Gasteiger charge is 2.67. The number of alkyl halides is 1. The number of fused-ring (bicyclic) bond motifs is 5. The summed E-state index contributed by atoms with van der Waals surface area (Å²) in [6, 6.07) is 0. The van der Waals surface area contributed by atoms with Gasteiger partial charge in [0.05, 0.1) is 3.42 Å². The van der Waals surface area contributed by atoms with Crippen molar-refractivity contribution in [2.24, 2.45) is 34.5 Å². The molecule has 3 saturated carbocycles. The van der Waals surface area contributed by atoms with Crippen LogP contribution in [-0.4, -0.2) is 3.42 Å². The SMILES string of the molecule is C=C1C=C[C@@]2(C)C(=C1)CCC1C2CC[C@@]2(C)C1C[C@H](/C(C)=C/CCC)[C@]2(I)C(=C)CC. The van der Waals surface area contributed by atoms with E-state index in [1.807, 2.05) is 0 Å². The summed E-state index contributed by atoms with van der Waals surface area (Å²) < 4.78 is 0.192. The van der Waals surface area contributed by atoms with Crippen LogP contribution in [0.5, 0.6) is 0 Å². The Kier molecular flexibility index (Phi) is 6.34. The number of unbranched alkanes of at least 4 members (excludes halogenated alkanes) is 1. The zero-order chi connectivity index (χ0) is 22.6. The quantitative estimate of drug-likeness (QED) is 0.189. The highest BCUT2D eigenvalue weighted by molar-refractivity contribution is 14.1. The van der Waals surface area contributed by atoms with Crippen molar-refractivity contribution >= 4 is 22.6 Å². The van der Waals surface area contributed by atoms with Gasteiger partial charge in [-0.2, -0.15) is 0 Å². The summed E-state index contributed by atoms with van der Waals surface area (Å²) in [4.78, 5) is 0. The second kappa shape index (κ2) is 8.33. The Bertz CT molecular complexity index is 856. The van der Waals surface area contributed by atoms with Crippen molar-refractivity contribution in [1.82, 2.24) is 0 Å². The van der Waals surface area contributed by atoms with Gasteiger partial charge < -0.3 is 0 Å². The maximum absolute atomic E-state index is 4.70. The van der Waals surface area contributed by atoms with E-state index < -0.39 is 0 Å². The van der Waals surface area contributed by atoms with Crippen LogP contribution in [0.3, 0.4) is 0 Å². The van der Waals surface area contributed by atoms with E-state index in [2.05, 4.69) is 88.1 Å². The molecule has 31 heavy (non-hydrogen) atoms. The van der Waals surface area contributed by atoms with E-state index in [0.29, 0.717) is 11.3 Å². The Morgan fingerprint density at radius 3 is 2.65 bits per heavy atom. The normalized spacial score (nSPS) is 44.4. The van der Waals surface area contributed by atoms with Gasteiger partial charge in [0.25, 0.3) is 0 Å². The van der Waals surface area contributed by atoms with Crippen LogP contribution in [0.4, 0.5) is 0 Å². The molecule has 0 spiro atoms. The van der Waals surface area contributed by atoms with Gasteiger partial charge in [-0.05, 0) is 86.5 Å². The highest BCUT2D eigenvalue weighted by Crippen LogP contribution is 2.73. The second-order valence-corrected chi connectivity index (χ2v) is 13.1. The van der Waals surface area contributed by atoms with Crippen molar-refractivity contribution < 1.29 is 0 Å². The molecule has 0 N–H and O–H groups in total. The molecule has 0 amide bonds. The van der Waals surface area contributed by atoms with E-state index in [-0.39, 0.29) is 8.84 Å². The van der Waals surface area contributed by atoms with E-state index in [1.165, 1.54) is 56.1 Å². The van der Waals surface area contributed by atoms with Crippen LogP contribution >= 0.6 is 22.6 Å². The molecule has 4 aliphatic rings. The molecule has 7 atom stereocenters. The van der Waals surface area contributed by atoms with Crippen molar-refractivity contribution in [2.45, 2.75) is 89.4 Å². The minimum atomic E-state index is 0.192. The highest BCUT2D eigenvalue weighted by atomic mass is 127. The lowest BCUT2D eigenvalue weighted by atomic mass is 9.47. The van der Waals surface area contributed by atoms with Crippen LogP contribution < -0.4 is 0 Å². The minimum Gasteiger partial charge on any atom is -0.0985 e. The molecule has 0 aromatic rings. The van der Waals surface area contributed by atoms with Crippen LogP contribution in [0, 0.1) is 34.5 Å². The lowest BCUT2D eigenvalue weighted by Gasteiger charge is -2.59. The number of halogens is 1. The molecule has 3 unspecified atom stereocenters. The summed E-state index contributed by atoms with van der Waals surface area (Å²) in [6.07, 6.45) is 20.0. The first-order chi connectivity index (χ1) is 14.6. The summed E-state index contributed by atoms with van der Waals surface area (Å²) in [5, 5.41) is 0. The number of allylic oxidation sites excluding steroid dienone is 8. The molecule has 0 nitrogen and oxygen atoms in total. The molecule has 3 fully saturated rings. The lowest BCUT2D eigenvalue weighted by molar-refractivity contribution is -0.0200. The Balaban J connectivity index is 1.75. The molecular weight excluding hydrogens is 487 g/mol. The van der Waals surface area contributed by atoms with E-state index in [4.69, 9.17) is 6.58 Å². The summed E-state index contributed by atoms with van der Waals surface area (Å²) in [5.74, 6) is 3.06. The standard InChI is InChI=1S/C30H43I/c1-8-10-11-21(4)26-19-27-24-13-12-23-18-20(3)14-16-28(23,6)25(24)15-17-29(27,7)30(26,31)22(5)9-2/h11,14,16,18,24-27H,3,5,8-10,12-13,15,17,19H2,1-2,4,6-7H3/b21-11+/t24?,25?,26-,27?,28+,29+,30-/m1/s1. The largest absolute Gasteiger partial charge is 0.0985 e. The van der Waals surface area contributed by atoms with Gasteiger partial charge in [0.1, 0.15) is 0 Å². The first kappa shape index (κ1) is 23.6. The van der Waals surface area contributed by atoms with E-state index >= 15 is 0 Å². The third-order valence-electron chi connectivity index (χ3n) is 10.1. The molecule has 170 valence electrons. The van der Waals surface area contributed by atoms with Crippen molar-refractivity contribution in [3.8, 4) is 0 Å². The molecule has 0 aromatic heterocycles. The van der Waals surface area contributed by atoms with Crippen molar-refractivity contribution in [3.05, 3.63) is 59.8 Å². The summed E-state index contributed by atoms with van der Waals surface area (Å²) in [7, 11) is 0. The van der Waals surface area contributed by atoms with Gasteiger partial charge in [0, 0.05) is 5.41 Å². The fourth-order valence-corrected chi connectivity index (χ4v) is 10.0. The average Bonchev–Trinajstić information content (AvgIpc) is 3.00. The van der Waals surface area contributed by atoms with Crippen molar-refractivity contribution in [2.75, 3.05) is 0 Å². The first-order valence-electron chi connectivity index (χ1n) is 12.8. The molecule has 4 aliphatic carbocycles. The van der Waals surface area contributed by atoms with Crippen LogP contribution in [0.15, 0.2) is 59.8 Å². The molecule has 0 saturated heterocycles. The maximum atomic E-state index is 4.70. The predicted molar refractivity (Wildman–Crippen MR) is 144 cm³/mol. The molecule has 0 bridgehead atoms. The van der Waals surface area contributed by atoms with Gasteiger partial charge in [-0.3, -0.25) is 0 Å². The Hall–Kier alpha value is -0.570. The lowest BCUT2D eigenvalue weighted by Crippen LogP contribution is -2.53. The number of hydrogen-bond donors (Lipinski definition) is 0. The Labute approximate surface area is 205 Å². The summed E-state index contributed by atoms with van der Waals surface area (Å²) >= 11 is 2.90. The van der Waals surface area contributed by atoms with Gasteiger partial charge in [-0.1, -0.05) is 111 Å². The van der Waals surface area contributed by atoms with Crippen LogP contribution in [0.25, 0.3) is 0 Å². The maximum Gasteiger partial charge on any atom is 0.0548 e. The van der Waals surface area contributed by atoms with Crippen molar-refractivity contribution in [1.29, 1.82) is 0 Å². The fraction of sp³-hybridized carbons (Fsp3) is 0.667. The van der Waals surface area contributed by atoms with Crippen LogP contribution in [-0.2, 0) is 0 Å². The van der Waals surface area contributed by atoms with Crippen LogP contribution in [0.1, 0.15) is 86.0 Å². The smallest absolute Gasteiger partial charge is 0.0548 e. The van der Waals surface area contributed by atoms with Crippen LogP contribution in [0.2, 0.25) is 0 Å². The number of rotatable bonds is 5. The Morgan fingerprint density at radius 1 is 1.23 bits per heavy atom. The van der Waals surface area contributed by atoms with Gasteiger partial charge in [-0.15, -0.1) is 0 Å². The molecule has 0 radical (unpaired) electrons. The Morgan fingerprint density at radius 2 is 1.97 bits per heavy atom. The minimum absolute atomic E-state index is 0.192. The molecule has 1 heteroatoms. The first-order valence-corrected chi connectivity index (χ1v) is 13.8. The van der Waals surface area contributed by atoms with E-state index in [1.54, 1.807) is 11.1 Å². The summed E-state index contributed by atoms with van der Waals surface area (Å²) in [5.41, 5.74) is 6.56. The second-order valence-electron chi connectivity index (χ2n) is 11.4. The fourth-order valence-electron chi connectivity index (χ4n) is 8.22.